The minimum absolute atomic E-state index is 0.607. The minimum Gasteiger partial charge on any atom is -0.311 e. The average molecular weight is 374 g/mol. The molecule has 138 valence electrons. The maximum absolute atomic E-state index is 8.86. The minimum atomic E-state index is 0.607. The van der Waals surface area contributed by atoms with Gasteiger partial charge >= 0.3 is 0 Å². The Morgan fingerprint density at radius 3 is 1.38 bits per heavy atom. The Morgan fingerprint density at radius 1 is 0.517 bits per heavy atom. The number of anilines is 3. The second-order valence-corrected chi connectivity index (χ2v) is 6.38. The van der Waals surface area contributed by atoms with Gasteiger partial charge in [-0.1, -0.05) is 36.4 Å². The van der Waals surface area contributed by atoms with Gasteiger partial charge in [-0.25, -0.2) is 0 Å². The van der Waals surface area contributed by atoms with E-state index in [0.29, 0.717) is 11.3 Å². The molecule has 0 unspecified atom stereocenters. The molecule has 29 heavy (non-hydrogen) atoms. The molecule has 0 heterocycles. The normalized spacial score (nSPS) is 10.6. The van der Waals surface area contributed by atoms with Gasteiger partial charge in [-0.15, -0.1) is 0 Å². The molecule has 0 atom stereocenters. The number of hydrogen-bond donors (Lipinski definition) is 0. The van der Waals surface area contributed by atoms with Crippen molar-refractivity contribution in [3.05, 3.63) is 115 Å². The molecule has 4 rings (SSSR count). The van der Waals surface area contributed by atoms with Gasteiger partial charge in [0.05, 0.1) is 23.0 Å². The van der Waals surface area contributed by atoms with Crippen LogP contribution in [0.1, 0.15) is 5.56 Å². The number of para-hydroxylation sites is 2. The molecule has 0 aromatic heterocycles. The fourth-order valence-corrected chi connectivity index (χ4v) is 2.99. The number of nitrogens with zero attached hydrogens (tertiary/aromatic N) is 4. The van der Waals surface area contributed by atoms with Crippen molar-refractivity contribution in [2.45, 2.75) is 0 Å². The molecule has 4 aromatic carbocycles. The first-order valence-corrected chi connectivity index (χ1v) is 9.26. The van der Waals surface area contributed by atoms with Gasteiger partial charge in [-0.3, -0.25) is 0 Å². The van der Waals surface area contributed by atoms with E-state index in [9.17, 15) is 0 Å². The lowest BCUT2D eigenvalue weighted by Gasteiger charge is -2.25. The average Bonchev–Trinajstić information content (AvgIpc) is 2.80. The van der Waals surface area contributed by atoms with Crippen molar-refractivity contribution in [1.29, 1.82) is 5.26 Å². The van der Waals surface area contributed by atoms with Crippen molar-refractivity contribution in [2.24, 2.45) is 10.2 Å². The Bertz CT molecular complexity index is 1090. The molecule has 0 amide bonds. The summed E-state index contributed by atoms with van der Waals surface area (Å²) in [4.78, 5) is 2.20. The SMILES string of the molecule is N#Cc1ccc(N=Nc2ccc(N(c3ccccc3)c3ccccc3)cc2)cc1. The van der Waals surface area contributed by atoms with Gasteiger partial charge in [0.25, 0.3) is 0 Å². The summed E-state index contributed by atoms with van der Waals surface area (Å²) in [6.45, 7) is 0. The van der Waals surface area contributed by atoms with E-state index in [1.807, 2.05) is 60.7 Å². The van der Waals surface area contributed by atoms with E-state index in [2.05, 4.69) is 45.5 Å². The molecule has 0 saturated heterocycles. The third kappa shape index (κ3) is 4.37. The molecule has 0 spiro atoms. The number of benzene rings is 4. The monoisotopic (exact) mass is 374 g/mol. The second-order valence-electron chi connectivity index (χ2n) is 6.38. The topological polar surface area (TPSA) is 51.8 Å². The number of azo groups is 1. The largest absolute Gasteiger partial charge is 0.311 e. The van der Waals surface area contributed by atoms with Gasteiger partial charge in [0, 0.05) is 17.1 Å². The second kappa shape index (κ2) is 8.64. The van der Waals surface area contributed by atoms with Gasteiger partial charge in [0.15, 0.2) is 0 Å². The highest BCUT2D eigenvalue weighted by atomic mass is 15.1. The van der Waals surface area contributed by atoms with Crippen molar-refractivity contribution in [3.63, 3.8) is 0 Å². The molecular weight excluding hydrogens is 356 g/mol. The summed E-state index contributed by atoms with van der Waals surface area (Å²) in [5.74, 6) is 0. The van der Waals surface area contributed by atoms with Crippen molar-refractivity contribution in [2.75, 3.05) is 4.90 Å². The molecule has 0 saturated carbocycles. The van der Waals surface area contributed by atoms with E-state index >= 15 is 0 Å². The van der Waals surface area contributed by atoms with Crippen molar-refractivity contribution in [3.8, 4) is 6.07 Å². The quantitative estimate of drug-likeness (QED) is 0.341. The maximum atomic E-state index is 8.86. The molecule has 0 aliphatic rings. The van der Waals surface area contributed by atoms with E-state index in [0.717, 1.165) is 22.7 Å². The molecule has 0 aliphatic heterocycles. The standard InChI is InChI=1S/C25H18N4/c26-19-20-11-13-21(14-12-20)27-28-22-15-17-25(18-16-22)29(23-7-3-1-4-8-23)24-9-5-2-6-10-24/h1-18H. The highest BCUT2D eigenvalue weighted by Gasteiger charge is 2.11. The molecule has 0 fully saturated rings. The first-order valence-electron chi connectivity index (χ1n) is 9.26. The van der Waals surface area contributed by atoms with E-state index in [4.69, 9.17) is 5.26 Å². The smallest absolute Gasteiger partial charge is 0.0991 e. The Kier molecular flexibility index (Phi) is 5.41. The fraction of sp³-hybridized carbons (Fsp3) is 0. The van der Waals surface area contributed by atoms with Gasteiger partial charge in [0.1, 0.15) is 0 Å². The lowest BCUT2D eigenvalue weighted by molar-refractivity contribution is 1.22. The van der Waals surface area contributed by atoms with Gasteiger partial charge in [0.2, 0.25) is 0 Å². The highest BCUT2D eigenvalue weighted by molar-refractivity contribution is 5.76. The molecule has 0 bridgehead atoms. The zero-order valence-electron chi connectivity index (χ0n) is 15.7. The third-order valence-corrected chi connectivity index (χ3v) is 4.41. The van der Waals surface area contributed by atoms with E-state index in [1.54, 1.807) is 24.3 Å². The van der Waals surface area contributed by atoms with Gasteiger partial charge in [-0.05, 0) is 72.8 Å². The fourth-order valence-electron chi connectivity index (χ4n) is 2.99. The van der Waals surface area contributed by atoms with Crippen LogP contribution in [-0.4, -0.2) is 0 Å². The van der Waals surface area contributed by atoms with Gasteiger partial charge in [-0.2, -0.15) is 15.5 Å². The predicted molar refractivity (Wildman–Crippen MR) is 116 cm³/mol. The van der Waals surface area contributed by atoms with Crippen LogP contribution in [0, 0.1) is 11.3 Å². The van der Waals surface area contributed by atoms with Crippen molar-refractivity contribution >= 4 is 28.4 Å². The molecule has 0 radical (unpaired) electrons. The van der Waals surface area contributed by atoms with Crippen LogP contribution in [0.5, 0.6) is 0 Å². The van der Waals surface area contributed by atoms with E-state index in [-0.39, 0.29) is 0 Å². The first-order chi connectivity index (χ1) is 14.3. The molecule has 4 heteroatoms. The number of nitriles is 1. The molecule has 4 nitrogen and oxygen atoms in total. The molecule has 4 aromatic rings. The Balaban J connectivity index is 1.60. The summed E-state index contributed by atoms with van der Waals surface area (Å²) in [7, 11) is 0. The Hall–Kier alpha value is -4.23. The summed E-state index contributed by atoms with van der Waals surface area (Å²) in [6.07, 6.45) is 0. The zero-order valence-corrected chi connectivity index (χ0v) is 15.7. The first kappa shape index (κ1) is 18.1. The van der Waals surface area contributed by atoms with Crippen LogP contribution >= 0.6 is 0 Å². The van der Waals surface area contributed by atoms with Crippen LogP contribution in [0.15, 0.2) is 119 Å². The van der Waals surface area contributed by atoms with Crippen LogP contribution < -0.4 is 4.90 Å². The highest BCUT2D eigenvalue weighted by Crippen LogP contribution is 2.35. The number of hydrogen-bond acceptors (Lipinski definition) is 4. The predicted octanol–water partition coefficient (Wildman–Crippen LogP) is 7.44. The van der Waals surface area contributed by atoms with E-state index in [1.165, 1.54) is 0 Å². The van der Waals surface area contributed by atoms with Gasteiger partial charge < -0.3 is 4.90 Å². The lowest BCUT2D eigenvalue weighted by Crippen LogP contribution is -2.09. The summed E-state index contributed by atoms with van der Waals surface area (Å²) in [6, 6.07) is 37.6. The molecule has 0 N–H and O–H groups in total. The molecule has 0 aliphatic carbocycles. The summed E-state index contributed by atoms with van der Waals surface area (Å²) in [5, 5.41) is 17.4. The maximum Gasteiger partial charge on any atom is 0.0991 e. The van der Waals surface area contributed by atoms with Crippen LogP contribution in [-0.2, 0) is 0 Å². The molecular formula is C25H18N4. The third-order valence-electron chi connectivity index (χ3n) is 4.41. The van der Waals surface area contributed by atoms with Crippen molar-refractivity contribution < 1.29 is 0 Å². The summed E-state index contributed by atoms with van der Waals surface area (Å²) >= 11 is 0. The van der Waals surface area contributed by atoms with Crippen molar-refractivity contribution in [1.82, 2.24) is 0 Å². The Morgan fingerprint density at radius 2 is 0.931 bits per heavy atom. The van der Waals surface area contributed by atoms with Crippen LogP contribution in [0.25, 0.3) is 0 Å². The summed E-state index contributed by atoms with van der Waals surface area (Å²) in [5.41, 5.74) is 5.30. The van der Waals surface area contributed by atoms with Crippen LogP contribution in [0.2, 0.25) is 0 Å². The van der Waals surface area contributed by atoms with Crippen LogP contribution in [0.4, 0.5) is 28.4 Å². The number of rotatable bonds is 5. The lowest BCUT2D eigenvalue weighted by atomic mass is 10.2. The van der Waals surface area contributed by atoms with Crippen LogP contribution in [0.3, 0.4) is 0 Å². The summed E-state index contributed by atoms with van der Waals surface area (Å²) < 4.78 is 0. The zero-order chi connectivity index (χ0) is 19.9. The Labute approximate surface area is 170 Å². The van der Waals surface area contributed by atoms with E-state index < -0.39 is 0 Å².